The molecule has 0 aromatic heterocycles. The number of hydrogen-bond donors (Lipinski definition) is 1. The Morgan fingerprint density at radius 1 is 1.41 bits per heavy atom. The molecule has 92 valence electrons. The lowest BCUT2D eigenvalue weighted by atomic mass is 10.3. The molecule has 0 heterocycles. The van der Waals surface area contributed by atoms with Crippen molar-refractivity contribution in [2.24, 2.45) is 0 Å². The van der Waals surface area contributed by atoms with Crippen LogP contribution < -0.4 is 10.1 Å². The van der Waals surface area contributed by atoms with Gasteiger partial charge in [0.15, 0.2) is 0 Å². The minimum Gasteiger partial charge on any atom is -0.495 e. The van der Waals surface area contributed by atoms with E-state index < -0.39 is 0 Å². The van der Waals surface area contributed by atoms with Crippen LogP contribution in [-0.2, 0) is 9.53 Å². The van der Waals surface area contributed by atoms with Crippen LogP contribution >= 0.6 is 0 Å². The second kappa shape index (κ2) is 6.58. The van der Waals surface area contributed by atoms with Crippen LogP contribution in [0.15, 0.2) is 36.0 Å². The molecule has 0 bridgehead atoms. The average Bonchev–Trinajstić information content (AvgIpc) is 2.29. The van der Waals surface area contributed by atoms with Gasteiger partial charge in [-0.2, -0.15) is 0 Å². The Bertz CT molecular complexity index is 413. The molecule has 17 heavy (non-hydrogen) atoms. The van der Waals surface area contributed by atoms with E-state index in [1.165, 1.54) is 6.08 Å². The van der Waals surface area contributed by atoms with Crippen LogP contribution in [0.4, 0.5) is 5.69 Å². The molecule has 0 unspecified atom stereocenters. The lowest BCUT2D eigenvalue weighted by Crippen LogP contribution is -2.04. The highest BCUT2D eigenvalue weighted by Gasteiger charge is 2.03. The number of methoxy groups -OCH3 is 1. The zero-order valence-corrected chi connectivity index (χ0v) is 10.3. The Hall–Kier alpha value is -1.97. The maximum absolute atomic E-state index is 11.2. The van der Waals surface area contributed by atoms with Gasteiger partial charge in [0.25, 0.3) is 0 Å². The first-order chi connectivity index (χ1) is 8.17. The number of ether oxygens (including phenoxy) is 2. The molecule has 1 aromatic rings. The van der Waals surface area contributed by atoms with E-state index in [0.717, 1.165) is 11.4 Å². The fraction of sp³-hybridized carbons (Fsp3) is 0.308. The molecule has 4 nitrogen and oxygen atoms in total. The number of allylic oxidation sites excluding steroid dienone is 1. The molecule has 0 atom stereocenters. The molecular formula is C13H17NO3. The molecule has 0 radical (unpaired) electrons. The van der Waals surface area contributed by atoms with Crippen molar-refractivity contribution in [1.82, 2.24) is 0 Å². The number of hydrogen-bond acceptors (Lipinski definition) is 4. The fourth-order valence-electron chi connectivity index (χ4n) is 1.36. The Balaban J connectivity index is 2.73. The summed E-state index contributed by atoms with van der Waals surface area (Å²) in [6, 6.07) is 7.50. The van der Waals surface area contributed by atoms with Crippen LogP contribution in [0.2, 0.25) is 0 Å². The first kappa shape index (κ1) is 13.1. The minimum atomic E-state index is -0.354. The number of benzene rings is 1. The van der Waals surface area contributed by atoms with Crippen molar-refractivity contribution in [3.05, 3.63) is 36.0 Å². The molecule has 1 N–H and O–H groups in total. The van der Waals surface area contributed by atoms with Crippen molar-refractivity contribution in [3.8, 4) is 5.75 Å². The van der Waals surface area contributed by atoms with E-state index in [4.69, 9.17) is 9.47 Å². The molecular weight excluding hydrogens is 218 g/mol. The molecule has 4 heteroatoms. The third-order valence-corrected chi connectivity index (χ3v) is 2.06. The van der Waals surface area contributed by atoms with Crippen molar-refractivity contribution >= 4 is 11.7 Å². The summed E-state index contributed by atoms with van der Waals surface area (Å²) in [5, 5.41) is 3.09. The van der Waals surface area contributed by atoms with Gasteiger partial charge in [-0.1, -0.05) is 12.1 Å². The molecule has 0 aliphatic carbocycles. The summed E-state index contributed by atoms with van der Waals surface area (Å²) in [4.78, 5) is 11.2. The van der Waals surface area contributed by atoms with Gasteiger partial charge in [-0.15, -0.1) is 0 Å². The van der Waals surface area contributed by atoms with Gasteiger partial charge in [-0.05, 0) is 26.0 Å². The summed E-state index contributed by atoms with van der Waals surface area (Å²) < 4.78 is 10.0. The van der Waals surface area contributed by atoms with Crippen molar-refractivity contribution in [2.45, 2.75) is 13.8 Å². The van der Waals surface area contributed by atoms with Crippen LogP contribution in [0.3, 0.4) is 0 Å². The van der Waals surface area contributed by atoms with Crippen molar-refractivity contribution in [3.63, 3.8) is 0 Å². The van der Waals surface area contributed by atoms with Gasteiger partial charge in [-0.3, -0.25) is 0 Å². The van der Waals surface area contributed by atoms with Gasteiger partial charge in [0.1, 0.15) is 5.75 Å². The van der Waals surface area contributed by atoms with E-state index in [1.54, 1.807) is 21.0 Å². The molecule has 0 aliphatic heterocycles. The van der Waals surface area contributed by atoms with Crippen molar-refractivity contribution < 1.29 is 14.3 Å². The predicted octanol–water partition coefficient (Wildman–Crippen LogP) is 2.57. The van der Waals surface area contributed by atoms with Gasteiger partial charge >= 0.3 is 5.97 Å². The minimum absolute atomic E-state index is 0.354. The van der Waals surface area contributed by atoms with Crippen LogP contribution in [0.25, 0.3) is 0 Å². The number of carbonyl (C=O) groups is 1. The van der Waals surface area contributed by atoms with Gasteiger partial charge in [0, 0.05) is 11.8 Å². The topological polar surface area (TPSA) is 47.6 Å². The number of anilines is 1. The number of para-hydroxylation sites is 2. The molecule has 0 amide bonds. The Morgan fingerprint density at radius 2 is 2.12 bits per heavy atom. The van der Waals surface area contributed by atoms with Crippen LogP contribution in [0, 0.1) is 0 Å². The maximum Gasteiger partial charge on any atom is 0.332 e. The zero-order valence-electron chi connectivity index (χ0n) is 10.3. The number of nitrogens with one attached hydrogen (secondary N) is 1. The van der Waals surface area contributed by atoms with Gasteiger partial charge < -0.3 is 14.8 Å². The Morgan fingerprint density at radius 3 is 2.76 bits per heavy atom. The standard InChI is InChI=1S/C13H17NO3/c1-4-17-13(15)9-10(2)14-11-7-5-6-8-12(11)16-3/h5-9,14H,4H2,1-3H3. The maximum atomic E-state index is 11.2. The van der Waals surface area contributed by atoms with Crippen LogP contribution in [0.1, 0.15) is 13.8 Å². The van der Waals surface area contributed by atoms with E-state index in [9.17, 15) is 4.79 Å². The molecule has 0 fully saturated rings. The molecule has 0 saturated heterocycles. The Kier molecular flexibility index (Phi) is 5.07. The highest BCUT2D eigenvalue weighted by molar-refractivity contribution is 5.83. The summed E-state index contributed by atoms with van der Waals surface area (Å²) in [6.45, 7) is 3.94. The van der Waals surface area contributed by atoms with Crippen LogP contribution in [0.5, 0.6) is 5.75 Å². The van der Waals surface area contributed by atoms with Crippen molar-refractivity contribution in [1.29, 1.82) is 0 Å². The average molecular weight is 235 g/mol. The van der Waals surface area contributed by atoms with Gasteiger partial charge in [0.2, 0.25) is 0 Å². The second-order valence-corrected chi connectivity index (χ2v) is 3.40. The summed E-state index contributed by atoms with van der Waals surface area (Å²) >= 11 is 0. The summed E-state index contributed by atoms with van der Waals surface area (Å²) in [7, 11) is 1.60. The second-order valence-electron chi connectivity index (χ2n) is 3.40. The highest BCUT2D eigenvalue weighted by atomic mass is 16.5. The molecule has 0 saturated carbocycles. The SMILES string of the molecule is CCOC(=O)C=C(C)Nc1ccccc1OC. The van der Waals surface area contributed by atoms with E-state index in [-0.39, 0.29) is 5.97 Å². The van der Waals surface area contributed by atoms with E-state index >= 15 is 0 Å². The van der Waals surface area contributed by atoms with Crippen molar-refractivity contribution in [2.75, 3.05) is 19.0 Å². The number of rotatable bonds is 5. The first-order valence-corrected chi connectivity index (χ1v) is 5.42. The highest BCUT2D eigenvalue weighted by Crippen LogP contribution is 2.24. The summed E-state index contributed by atoms with van der Waals surface area (Å²) in [6.07, 6.45) is 1.41. The van der Waals surface area contributed by atoms with Crippen LogP contribution in [-0.4, -0.2) is 19.7 Å². The lowest BCUT2D eigenvalue weighted by molar-refractivity contribution is -0.137. The third-order valence-electron chi connectivity index (χ3n) is 2.06. The quantitative estimate of drug-likeness (QED) is 0.629. The van der Waals surface area contributed by atoms with Gasteiger partial charge in [-0.25, -0.2) is 4.79 Å². The normalized spacial score (nSPS) is 10.9. The number of carbonyl (C=O) groups excluding carboxylic acids is 1. The monoisotopic (exact) mass is 235 g/mol. The predicted molar refractivity (Wildman–Crippen MR) is 67.0 cm³/mol. The molecule has 0 spiro atoms. The van der Waals surface area contributed by atoms with E-state index in [1.807, 2.05) is 24.3 Å². The fourth-order valence-corrected chi connectivity index (χ4v) is 1.36. The third kappa shape index (κ3) is 4.18. The molecule has 1 rings (SSSR count). The summed E-state index contributed by atoms with van der Waals surface area (Å²) in [5.41, 5.74) is 1.51. The lowest BCUT2D eigenvalue weighted by Gasteiger charge is -2.10. The van der Waals surface area contributed by atoms with E-state index in [0.29, 0.717) is 12.3 Å². The zero-order chi connectivity index (χ0) is 12.7. The largest absolute Gasteiger partial charge is 0.495 e. The molecule has 0 aliphatic rings. The molecule has 1 aromatic carbocycles. The van der Waals surface area contributed by atoms with E-state index in [2.05, 4.69) is 5.32 Å². The number of esters is 1. The smallest absolute Gasteiger partial charge is 0.332 e. The Labute approximate surface area is 101 Å². The first-order valence-electron chi connectivity index (χ1n) is 5.42. The van der Waals surface area contributed by atoms with Gasteiger partial charge in [0.05, 0.1) is 19.4 Å². The summed E-state index contributed by atoms with van der Waals surface area (Å²) in [5.74, 6) is 0.372.